The van der Waals surface area contributed by atoms with E-state index in [-0.39, 0.29) is 0 Å². The van der Waals surface area contributed by atoms with E-state index in [0.29, 0.717) is 12.1 Å². The molecule has 0 heterocycles. The third kappa shape index (κ3) is 3.74. The van der Waals surface area contributed by atoms with Crippen LogP contribution in [0.2, 0.25) is 0 Å². The average Bonchev–Trinajstić information content (AvgIpc) is 2.29. The maximum Gasteiger partial charge on any atom is 0.00795 e. The third-order valence-corrected chi connectivity index (χ3v) is 4.39. The zero-order chi connectivity index (χ0) is 12.1. The summed E-state index contributed by atoms with van der Waals surface area (Å²) in [6.07, 6.45) is 5.12. The molecule has 1 aliphatic rings. The highest BCUT2D eigenvalue weighted by molar-refractivity contribution is 4.84. The Hall–Kier alpha value is -0.0800. The molecule has 16 heavy (non-hydrogen) atoms. The van der Waals surface area contributed by atoms with Crippen molar-refractivity contribution in [1.82, 2.24) is 4.90 Å². The second kappa shape index (κ2) is 6.61. The third-order valence-electron chi connectivity index (χ3n) is 4.39. The zero-order valence-corrected chi connectivity index (χ0v) is 11.6. The van der Waals surface area contributed by atoms with E-state index in [1.54, 1.807) is 0 Å². The summed E-state index contributed by atoms with van der Waals surface area (Å²) in [6.45, 7) is 11.6. The lowest BCUT2D eigenvalue weighted by Crippen LogP contribution is -2.45. The molecule has 1 fully saturated rings. The quantitative estimate of drug-likeness (QED) is 0.781. The maximum atomic E-state index is 6.26. The Balaban J connectivity index is 2.49. The number of hydrogen-bond acceptors (Lipinski definition) is 2. The Morgan fingerprint density at radius 1 is 1.31 bits per heavy atom. The van der Waals surface area contributed by atoms with Crippen LogP contribution in [-0.4, -0.2) is 30.1 Å². The first kappa shape index (κ1) is 14.0. The molecule has 0 spiro atoms. The Labute approximate surface area is 102 Å². The van der Waals surface area contributed by atoms with Crippen LogP contribution in [0.25, 0.3) is 0 Å². The summed E-state index contributed by atoms with van der Waals surface area (Å²) in [5.41, 5.74) is 6.26. The van der Waals surface area contributed by atoms with E-state index >= 15 is 0 Å². The van der Waals surface area contributed by atoms with Crippen molar-refractivity contribution in [2.24, 2.45) is 17.6 Å². The molecule has 0 bridgehead atoms. The number of nitrogens with zero attached hydrogens (tertiary/aromatic N) is 1. The summed E-state index contributed by atoms with van der Waals surface area (Å²) in [5, 5.41) is 0. The van der Waals surface area contributed by atoms with Gasteiger partial charge in [0, 0.05) is 18.6 Å². The zero-order valence-electron chi connectivity index (χ0n) is 11.6. The van der Waals surface area contributed by atoms with E-state index in [2.05, 4.69) is 32.6 Å². The van der Waals surface area contributed by atoms with Gasteiger partial charge in [-0.1, -0.05) is 20.8 Å². The lowest BCUT2D eigenvalue weighted by Gasteiger charge is -2.38. The fraction of sp³-hybridized carbons (Fsp3) is 1.00. The summed E-state index contributed by atoms with van der Waals surface area (Å²) in [7, 11) is 0. The summed E-state index contributed by atoms with van der Waals surface area (Å²) in [5.74, 6) is 1.60. The summed E-state index contributed by atoms with van der Waals surface area (Å²) in [6, 6.07) is 1.14. The number of nitrogens with two attached hydrogens (primary N) is 1. The minimum atomic E-state index is 0.439. The molecule has 0 aliphatic heterocycles. The van der Waals surface area contributed by atoms with Gasteiger partial charge in [-0.05, 0) is 51.0 Å². The largest absolute Gasteiger partial charge is 0.327 e. The molecule has 0 aromatic rings. The van der Waals surface area contributed by atoms with Crippen LogP contribution in [0.15, 0.2) is 0 Å². The first-order chi connectivity index (χ1) is 7.58. The molecule has 0 saturated heterocycles. The van der Waals surface area contributed by atoms with Gasteiger partial charge in [0.2, 0.25) is 0 Å². The molecule has 96 valence electrons. The molecule has 4 unspecified atom stereocenters. The van der Waals surface area contributed by atoms with E-state index in [1.165, 1.54) is 32.2 Å². The Morgan fingerprint density at radius 2 is 2.00 bits per heavy atom. The van der Waals surface area contributed by atoms with Gasteiger partial charge in [0.05, 0.1) is 0 Å². The van der Waals surface area contributed by atoms with E-state index in [0.717, 1.165) is 18.4 Å². The minimum absolute atomic E-state index is 0.439. The lowest BCUT2D eigenvalue weighted by molar-refractivity contribution is 0.134. The summed E-state index contributed by atoms with van der Waals surface area (Å²) in [4.78, 5) is 2.60. The predicted molar refractivity (Wildman–Crippen MR) is 71.5 cm³/mol. The van der Waals surface area contributed by atoms with Gasteiger partial charge in [-0.15, -0.1) is 0 Å². The smallest absolute Gasteiger partial charge is 0.00795 e. The van der Waals surface area contributed by atoms with Gasteiger partial charge in [-0.2, -0.15) is 0 Å². The summed E-state index contributed by atoms with van der Waals surface area (Å²) < 4.78 is 0. The molecule has 0 radical (unpaired) electrons. The van der Waals surface area contributed by atoms with E-state index in [4.69, 9.17) is 5.73 Å². The Morgan fingerprint density at radius 3 is 2.56 bits per heavy atom. The van der Waals surface area contributed by atoms with Gasteiger partial charge in [0.1, 0.15) is 0 Å². The van der Waals surface area contributed by atoms with Crippen molar-refractivity contribution >= 4 is 0 Å². The van der Waals surface area contributed by atoms with Crippen LogP contribution in [0.5, 0.6) is 0 Å². The Kier molecular flexibility index (Phi) is 5.77. The second-order valence-electron chi connectivity index (χ2n) is 5.69. The van der Waals surface area contributed by atoms with Crippen LogP contribution in [-0.2, 0) is 0 Å². The van der Waals surface area contributed by atoms with Gasteiger partial charge in [-0.25, -0.2) is 0 Å². The highest BCUT2D eigenvalue weighted by atomic mass is 15.1. The standard InChI is InChI=1S/C14H30N2/c1-5-12(4)16(6-2)10-13-9-11(3)7-8-14(13)15/h11-14H,5-10,15H2,1-4H3. The highest BCUT2D eigenvalue weighted by Gasteiger charge is 2.28. The summed E-state index contributed by atoms with van der Waals surface area (Å²) >= 11 is 0. The molecular weight excluding hydrogens is 196 g/mol. The van der Waals surface area contributed by atoms with Crippen molar-refractivity contribution in [3.8, 4) is 0 Å². The van der Waals surface area contributed by atoms with Gasteiger partial charge in [0.25, 0.3) is 0 Å². The molecule has 2 heteroatoms. The lowest BCUT2D eigenvalue weighted by atomic mass is 9.79. The van der Waals surface area contributed by atoms with E-state index in [1.807, 2.05) is 0 Å². The van der Waals surface area contributed by atoms with Crippen molar-refractivity contribution in [3.05, 3.63) is 0 Å². The molecule has 1 rings (SSSR count). The minimum Gasteiger partial charge on any atom is -0.327 e. The maximum absolute atomic E-state index is 6.26. The molecule has 1 aliphatic carbocycles. The molecule has 0 amide bonds. The number of rotatable bonds is 5. The molecule has 4 atom stereocenters. The van der Waals surface area contributed by atoms with Crippen LogP contribution in [0.3, 0.4) is 0 Å². The van der Waals surface area contributed by atoms with Gasteiger partial charge in [0.15, 0.2) is 0 Å². The van der Waals surface area contributed by atoms with Crippen molar-refractivity contribution in [1.29, 1.82) is 0 Å². The molecule has 2 N–H and O–H groups in total. The predicted octanol–water partition coefficient (Wildman–Crippen LogP) is 2.87. The fourth-order valence-corrected chi connectivity index (χ4v) is 2.91. The molecule has 0 aromatic carbocycles. The van der Waals surface area contributed by atoms with Crippen molar-refractivity contribution in [2.45, 2.75) is 65.5 Å². The fourth-order valence-electron chi connectivity index (χ4n) is 2.91. The van der Waals surface area contributed by atoms with Gasteiger partial charge >= 0.3 is 0 Å². The molecule has 0 aromatic heterocycles. The topological polar surface area (TPSA) is 29.3 Å². The molecular formula is C14H30N2. The normalized spacial score (nSPS) is 33.0. The van der Waals surface area contributed by atoms with Crippen LogP contribution in [0.4, 0.5) is 0 Å². The van der Waals surface area contributed by atoms with Gasteiger partial charge in [-0.3, -0.25) is 0 Å². The van der Waals surface area contributed by atoms with E-state index in [9.17, 15) is 0 Å². The van der Waals surface area contributed by atoms with Crippen molar-refractivity contribution in [3.63, 3.8) is 0 Å². The number of hydrogen-bond donors (Lipinski definition) is 1. The SMILES string of the molecule is CCC(C)N(CC)CC1CC(C)CCC1N. The monoisotopic (exact) mass is 226 g/mol. The second-order valence-corrected chi connectivity index (χ2v) is 5.69. The van der Waals surface area contributed by atoms with Crippen LogP contribution in [0.1, 0.15) is 53.4 Å². The van der Waals surface area contributed by atoms with Crippen LogP contribution in [0, 0.1) is 11.8 Å². The van der Waals surface area contributed by atoms with Gasteiger partial charge < -0.3 is 10.6 Å². The van der Waals surface area contributed by atoms with Crippen molar-refractivity contribution in [2.75, 3.05) is 13.1 Å². The van der Waals surface area contributed by atoms with Crippen molar-refractivity contribution < 1.29 is 0 Å². The Bertz CT molecular complexity index is 193. The van der Waals surface area contributed by atoms with Crippen LogP contribution >= 0.6 is 0 Å². The molecule has 2 nitrogen and oxygen atoms in total. The van der Waals surface area contributed by atoms with E-state index < -0.39 is 0 Å². The van der Waals surface area contributed by atoms with Crippen LogP contribution < -0.4 is 5.73 Å². The molecule has 1 saturated carbocycles. The first-order valence-electron chi connectivity index (χ1n) is 7.08. The highest BCUT2D eigenvalue weighted by Crippen LogP contribution is 2.29. The first-order valence-corrected chi connectivity index (χ1v) is 7.08. The average molecular weight is 226 g/mol.